The summed E-state index contributed by atoms with van der Waals surface area (Å²) in [6, 6.07) is 3.03. The molecule has 0 bridgehead atoms. The molecule has 1 aliphatic carbocycles. The molecule has 0 amide bonds. The molecule has 2 aromatic carbocycles. The Morgan fingerprint density at radius 3 is 1.80 bits per heavy atom. The third kappa shape index (κ3) is 13.9. The van der Waals surface area contributed by atoms with Crippen LogP contribution in [0.1, 0.15) is 116 Å². The Labute approximate surface area is 480 Å². The van der Waals surface area contributed by atoms with Gasteiger partial charge in [0.25, 0.3) is 0 Å². The molecule has 26 nitrogen and oxygen atoms in total. The van der Waals surface area contributed by atoms with E-state index in [1.165, 1.54) is 67.9 Å². The van der Waals surface area contributed by atoms with Gasteiger partial charge in [-0.05, 0) is 84.9 Å². The van der Waals surface area contributed by atoms with E-state index in [-0.39, 0.29) is 71.7 Å². The number of phenols is 2. The number of carbonyl (C=O) groups is 4. The average Bonchev–Trinajstić information content (AvgIpc) is 3.32. The predicted octanol–water partition coefficient (Wildman–Crippen LogP) is 1.55. The molecule has 0 radical (unpaired) electrons. The van der Waals surface area contributed by atoms with Crippen molar-refractivity contribution in [1.82, 2.24) is 0 Å². The molecule has 466 valence electrons. The monoisotopic (exact) mass is 1180 g/mol. The van der Waals surface area contributed by atoms with Crippen LogP contribution in [0.3, 0.4) is 0 Å². The highest BCUT2D eigenvalue weighted by Crippen LogP contribution is 2.48. The van der Waals surface area contributed by atoms with E-state index in [1.54, 1.807) is 27.7 Å². The van der Waals surface area contributed by atoms with Gasteiger partial charge in [0.05, 0.1) is 65.9 Å². The molecule has 83 heavy (non-hydrogen) atoms. The fourth-order valence-electron chi connectivity index (χ4n) is 12.4. The molecule has 0 unspecified atom stereocenters. The highest BCUT2D eigenvalue weighted by Gasteiger charge is 2.52. The molecule has 0 spiro atoms. The van der Waals surface area contributed by atoms with Crippen LogP contribution in [0.5, 0.6) is 17.2 Å². The minimum Gasteiger partial charge on any atom is -0.507 e. The Balaban J connectivity index is 1.03. The van der Waals surface area contributed by atoms with Gasteiger partial charge in [0.15, 0.2) is 42.8 Å². The Kier molecular flexibility index (Phi) is 20.5. The molecule has 8 N–H and O–H groups in total. The number of phenolic OH excluding ortho intramolecular Hbond substituents is 2. The van der Waals surface area contributed by atoms with Crippen molar-refractivity contribution in [3.8, 4) is 17.2 Å². The van der Waals surface area contributed by atoms with E-state index >= 15 is 4.79 Å². The molecule has 5 saturated heterocycles. The summed E-state index contributed by atoms with van der Waals surface area (Å²) in [7, 11) is 2.65. The number of hydrogen-bond donors (Lipinski definition) is 8. The fourth-order valence-corrected chi connectivity index (χ4v) is 12.4. The molecule has 5 heterocycles. The van der Waals surface area contributed by atoms with Crippen LogP contribution in [-0.2, 0) is 82.4 Å². The van der Waals surface area contributed by atoms with Crippen LogP contribution in [0.4, 0.5) is 0 Å². The number of carbonyl (C=O) groups excluding carboxylic acids is 4. The van der Waals surface area contributed by atoms with E-state index < -0.39 is 188 Å². The van der Waals surface area contributed by atoms with Crippen molar-refractivity contribution in [1.29, 1.82) is 0 Å². The number of aromatic hydroxyl groups is 2. The lowest BCUT2D eigenvalue weighted by Crippen LogP contribution is -2.59. The number of esters is 2. The zero-order valence-electron chi connectivity index (χ0n) is 48.7. The molecule has 26 heteroatoms. The maximum atomic E-state index is 15.1. The van der Waals surface area contributed by atoms with E-state index in [0.717, 1.165) is 0 Å². The Morgan fingerprint density at radius 1 is 0.687 bits per heavy atom. The number of hydrogen-bond acceptors (Lipinski definition) is 26. The van der Waals surface area contributed by atoms with Gasteiger partial charge in [0.2, 0.25) is 6.29 Å². The SMILES string of the molecule is CO[C@@H]1[C@H](O)C[C@@H](O[C@H]2[C@@H](C)O[C@@H](Oc3cc4cc5c(c(O)c4c(O)c3C)C(=O)[C@@H](O[C@H]3C[C@@H](O[C@H]4C[C@@H](O[C@H]6C[C@](C)(O)[C@@H](OC(C)=O)[C@H](C)O6)[C@H](O)[C@@H](C)O4)[C@H](O)[C@@H](C)O3)[C@H]([C@H](OC)C(=O)[C@@H](O)[C@@H](C)O)C5)C[C@H]2OC(C)=O)O[C@@H]1C. The smallest absolute Gasteiger partial charge is 0.303 e. The van der Waals surface area contributed by atoms with Crippen molar-refractivity contribution in [2.75, 3.05) is 14.2 Å². The first kappa shape index (κ1) is 64.7. The van der Waals surface area contributed by atoms with Crippen LogP contribution in [0.15, 0.2) is 12.1 Å². The largest absolute Gasteiger partial charge is 0.507 e. The van der Waals surface area contributed by atoms with Crippen molar-refractivity contribution in [3.05, 3.63) is 28.8 Å². The molecular formula is C57H82O26. The number of rotatable bonds is 18. The van der Waals surface area contributed by atoms with E-state index in [2.05, 4.69) is 0 Å². The molecule has 6 aliphatic rings. The maximum absolute atomic E-state index is 15.1. The van der Waals surface area contributed by atoms with E-state index in [4.69, 9.17) is 66.3 Å². The third-order valence-corrected chi connectivity index (χ3v) is 16.6. The number of aliphatic hydroxyl groups is 6. The van der Waals surface area contributed by atoms with Crippen molar-refractivity contribution in [2.45, 2.75) is 255 Å². The number of fused-ring (bicyclic) bond motifs is 2. The number of ether oxygens (including phenoxy) is 14. The van der Waals surface area contributed by atoms with E-state index in [1.807, 2.05) is 0 Å². The first-order valence-electron chi connectivity index (χ1n) is 28.2. The summed E-state index contributed by atoms with van der Waals surface area (Å²) in [6.45, 7) is 14.8. The van der Waals surface area contributed by atoms with E-state index in [0.29, 0.717) is 0 Å². The number of benzene rings is 2. The summed E-state index contributed by atoms with van der Waals surface area (Å²) >= 11 is 0. The van der Waals surface area contributed by atoms with Gasteiger partial charge in [-0.1, -0.05) is 0 Å². The summed E-state index contributed by atoms with van der Waals surface area (Å²) in [5, 5.41) is 89.9. The van der Waals surface area contributed by atoms with Crippen molar-refractivity contribution in [2.24, 2.45) is 5.92 Å². The number of ketones is 2. The lowest BCUT2D eigenvalue weighted by Gasteiger charge is -2.46. The molecule has 5 fully saturated rings. The quantitative estimate of drug-likeness (QED) is 0.0982. The number of methoxy groups -OCH3 is 2. The first-order chi connectivity index (χ1) is 39.0. The molecule has 25 atom stereocenters. The normalized spacial score (nSPS) is 39.7. The van der Waals surface area contributed by atoms with Gasteiger partial charge in [0.1, 0.15) is 71.7 Å². The number of Topliss-reactive ketones (excluding diaryl/α,β-unsaturated/α-hetero) is 2. The summed E-state index contributed by atoms with van der Waals surface area (Å²) in [4.78, 5) is 53.3. The van der Waals surface area contributed by atoms with Crippen molar-refractivity contribution < 1.29 is 126 Å². The van der Waals surface area contributed by atoms with E-state index in [9.17, 15) is 55.2 Å². The zero-order chi connectivity index (χ0) is 60.8. The average molecular weight is 1180 g/mol. The van der Waals surface area contributed by atoms with Gasteiger partial charge in [-0.2, -0.15) is 0 Å². The molecule has 2 aromatic rings. The van der Waals surface area contributed by atoms with Gasteiger partial charge in [0, 0.05) is 71.7 Å². The minimum atomic E-state index is -1.96. The van der Waals surface area contributed by atoms with Crippen LogP contribution >= 0.6 is 0 Å². The molecule has 5 aliphatic heterocycles. The predicted molar refractivity (Wildman–Crippen MR) is 282 cm³/mol. The van der Waals surface area contributed by atoms with Gasteiger partial charge < -0.3 is 107 Å². The molecular weight excluding hydrogens is 1100 g/mol. The molecule has 0 saturated carbocycles. The van der Waals surface area contributed by atoms with Crippen LogP contribution in [0.2, 0.25) is 0 Å². The standard InChI is InChI=1S/C57H82O26/c1-21-34(79-40-19-37(77-28(8)59)53(26(6)75-40)82-38-16-33(61)52(70-11)25(5)74-38)15-31-13-30-14-32(54(71-12)51(68)46(63)22(2)58)55(50(67)44(30)49(66)43(31)45(21)62)83-41-18-35(47(64)24(4)73-41)80-39-17-36(48(65)23(3)72-39)81-42-20-57(10,69)56(27(7)76-42)78-29(9)60/h13,15,22-27,32-33,35-42,46-48,52-56,58,61-66,69H,14,16-20H2,1-12H3/t22-,23-,24-,25-,26-,27+,32+,33-,35-,36-,37-,38-,39+,40+,41+,42+,46+,47-,48-,52+,53+,54+,55+,56+,57+/m1/s1. The van der Waals surface area contributed by atoms with Crippen LogP contribution in [0, 0.1) is 12.8 Å². The first-order valence-corrected chi connectivity index (χ1v) is 28.2. The maximum Gasteiger partial charge on any atom is 0.303 e. The van der Waals surface area contributed by atoms with Gasteiger partial charge in [-0.25, -0.2) is 0 Å². The number of aliphatic hydroxyl groups excluding tert-OH is 5. The lowest BCUT2D eigenvalue weighted by atomic mass is 9.75. The minimum absolute atomic E-state index is 0.0531. The third-order valence-electron chi connectivity index (χ3n) is 16.6. The second kappa shape index (κ2) is 26.4. The van der Waals surface area contributed by atoms with Crippen molar-refractivity contribution >= 4 is 34.3 Å². The summed E-state index contributed by atoms with van der Waals surface area (Å²) in [5.41, 5.74) is -1.52. The van der Waals surface area contributed by atoms with Crippen LogP contribution in [-0.4, -0.2) is 225 Å². The summed E-state index contributed by atoms with van der Waals surface area (Å²) < 4.78 is 84.2. The molecule has 0 aromatic heterocycles. The second-order valence-corrected chi connectivity index (χ2v) is 23.1. The van der Waals surface area contributed by atoms with Crippen molar-refractivity contribution in [3.63, 3.8) is 0 Å². The fraction of sp³-hybridized carbons (Fsp3) is 0.754. The van der Waals surface area contributed by atoms with Crippen LogP contribution < -0.4 is 4.74 Å². The zero-order valence-corrected chi connectivity index (χ0v) is 48.7. The highest BCUT2D eigenvalue weighted by atomic mass is 16.7. The van der Waals surface area contributed by atoms with Crippen LogP contribution in [0.25, 0.3) is 10.8 Å². The Hall–Kier alpha value is -4.30. The summed E-state index contributed by atoms with van der Waals surface area (Å²) in [6.07, 6.45) is -25.8. The lowest BCUT2D eigenvalue weighted by molar-refractivity contribution is -0.334. The topological polar surface area (TPSA) is 359 Å². The van der Waals surface area contributed by atoms with Gasteiger partial charge >= 0.3 is 11.9 Å². The Bertz CT molecular complexity index is 2620. The van der Waals surface area contributed by atoms with Gasteiger partial charge in [-0.15, -0.1) is 0 Å². The summed E-state index contributed by atoms with van der Waals surface area (Å²) in [5.74, 6) is -5.35. The highest BCUT2D eigenvalue weighted by molar-refractivity contribution is 6.11. The molecule has 8 rings (SSSR count). The second-order valence-electron chi connectivity index (χ2n) is 23.1. The van der Waals surface area contributed by atoms with Gasteiger partial charge in [-0.3, -0.25) is 19.2 Å². The Morgan fingerprint density at radius 2 is 1.23 bits per heavy atom.